The van der Waals surface area contributed by atoms with Gasteiger partial charge in [-0.15, -0.1) is 0 Å². The molecule has 3 rings (SSSR count). The maximum absolute atomic E-state index is 6.10. The third-order valence-electron chi connectivity index (χ3n) is 3.99. The van der Waals surface area contributed by atoms with Gasteiger partial charge >= 0.3 is 0 Å². The number of nitrogens with zero attached hydrogens (tertiary/aromatic N) is 4. The lowest BCUT2D eigenvalue weighted by Gasteiger charge is -2.35. The van der Waals surface area contributed by atoms with Gasteiger partial charge in [-0.25, -0.2) is 9.97 Å². The van der Waals surface area contributed by atoms with Gasteiger partial charge in [0, 0.05) is 45.2 Å². The van der Waals surface area contributed by atoms with Crippen LogP contribution in [0.2, 0.25) is 5.15 Å². The number of hydrogen-bond donors (Lipinski definition) is 0. The highest BCUT2D eigenvalue weighted by Crippen LogP contribution is 2.19. The Balaban J connectivity index is 1.61. The molecule has 1 saturated heterocycles. The van der Waals surface area contributed by atoms with Crippen LogP contribution in [0.1, 0.15) is 18.3 Å². The fourth-order valence-electron chi connectivity index (χ4n) is 2.75. The van der Waals surface area contributed by atoms with E-state index in [2.05, 4.69) is 50.1 Å². The topological polar surface area (TPSA) is 32.3 Å². The molecule has 0 radical (unpaired) electrons. The van der Waals surface area contributed by atoms with E-state index in [4.69, 9.17) is 11.6 Å². The molecule has 0 N–H and O–H groups in total. The minimum absolute atomic E-state index is 0.536. The van der Waals surface area contributed by atoms with E-state index in [-0.39, 0.29) is 0 Å². The van der Waals surface area contributed by atoms with Crippen LogP contribution in [0.25, 0.3) is 0 Å². The predicted molar refractivity (Wildman–Crippen MR) is 90.4 cm³/mol. The number of benzene rings is 1. The number of halogens is 1. The zero-order chi connectivity index (χ0) is 15.4. The van der Waals surface area contributed by atoms with Crippen molar-refractivity contribution in [3.63, 3.8) is 0 Å². The number of hydrogen-bond acceptors (Lipinski definition) is 4. The van der Waals surface area contributed by atoms with Gasteiger partial charge in [-0.1, -0.05) is 48.9 Å². The molecule has 5 heteroatoms. The molecular weight excluding hydrogens is 296 g/mol. The van der Waals surface area contributed by atoms with E-state index in [0.717, 1.165) is 50.8 Å². The van der Waals surface area contributed by atoms with E-state index in [1.54, 1.807) is 0 Å². The molecule has 1 aromatic carbocycles. The second-order valence-electron chi connectivity index (χ2n) is 5.57. The number of anilines is 1. The third kappa shape index (κ3) is 3.76. The summed E-state index contributed by atoms with van der Waals surface area (Å²) in [5.41, 5.74) is 1.37. The SMILES string of the molecule is CCc1nc(Cl)cc(N2CCN(Cc3ccccc3)CC2)n1. The van der Waals surface area contributed by atoms with E-state index in [1.165, 1.54) is 5.56 Å². The molecule has 116 valence electrons. The van der Waals surface area contributed by atoms with Crippen molar-refractivity contribution >= 4 is 17.4 Å². The summed E-state index contributed by atoms with van der Waals surface area (Å²) in [4.78, 5) is 13.6. The standard InChI is InChI=1S/C17H21ClN4/c1-2-16-19-15(18)12-17(20-16)22-10-8-21(9-11-22)13-14-6-4-3-5-7-14/h3-7,12H,2,8-11,13H2,1H3. The largest absolute Gasteiger partial charge is 0.354 e. The predicted octanol–water partition coefficient (Wildman–Crippen LogP) is 3.01. The van der Waals surface area contributed by atoms with Crippen molar-refractivity contribution in [3.8, 4) is 0 Å². The molecular formula is C17H21ClN4. The lowest BCUT2D eigenvalue weighted by atomic mass is 10.2. The van der Waals surface area contributed by atoms with Crippen LogP contribution in [-0.2, 0) is 13.0 Å². The summed E-state index contributed by atoms with van der Waals surface area (Å²) in [5.74, 6) is 1.77. The Labute approximate surface area is 136 Å². The summed E-state index contributed by atoms with van der Waals surface area (Å²) in [5, 5.41) is 0.536. The van der Waals surface area contributed by atoms with E-state index >= 15 is 0 Å². The molecule has 0 saturated carbocycles. The highest BCUT2D eigenvalue weighted by Gasteiger charge is 2.19. The highest BCUT2D eigenvalue weighted by molar-refractivity contribution is 6.29. The molecule has 22 heavy (non-hydrogen) atoms. The molecule has 4 nitrogen and oxygen atoms in total. The second kappa shape index (κ2) is 7.07. The molecule has 0 bridgehead atoms. The van der Waals surface area contributed by atoms with Crippen molar-refractivity contribution in [2.75, 3.05) is 31.1 Å². The lowest BCUT2D eigenvalue weighted by Crippen LogP contribution is -2.46. The van der Waals surface area contributed by atoms with Crippen LogP contribution in [0.3, 0.4) is 0 Å². The fraction of sp³-hybridized carbons (Fsp3) is 0.412. The Hall–Kier alpha value is -1.65. The minimum Gasteiger partial charge on any atom is -0.354 e. The van der Waals surface area contributed by atoms with E-state index < -0.39 is 0 Å². The first kappa shape index (κ1) is 15.3. The van der Waals surface area contributed by atoms with Crippen molar-refractivity contribution in [2.24, 2.45) is 0 Å². The van der Waals surface area contributed by atoms with E-state index in [0.29, 0.717) is 5.15 Å². The highest BCUT2D eigenvalue weighted by atomic mass is 35.5. The quantitative estimate of drug-likeness (QED) is 0.812. The van der Waals surface area contributed by atoms with Crippen LogP contribution >= 0.6 is 11.6 Å². The zero-order valence-corrected chi connectivity index (χ0v) is 13.6. The number of rotatable bonds is 4. The summed E-state index contributed by atoms with van der Waals surface area (Å²) in [7, 11) is 0. The molecule has 1 fully saturated rings. The van der Waals surface area contributed by atoms with Gasteiger partial charge in [-0.2, -0.15) is 0 Å². The maximum atomic E-state index is 6.10. The summed E-state index contributed by atoms with van der Waals surface area (Å²) in [6.45, 7) is 7.09. The van der Waals surface area contributed by atoms with Crippen LogP contribution in [0.4, 0.5) is 5.82 Å². The van der Waals surface area contributed by atoms with E-state index in [1.807, 2.05) is 13.0 Å². The van der Waals surface area contributed by atoms with Gasteiger partial charge in [0.05, 0.1) is 0 Å². The van der Waals surface area contributed by atoms with Crippen LogP contribution in [0.15, 0.2) is 36.4 Å². The van der Waals surface area contributed by atoms with Crippen molar-refractivity contribution in [2.45, 2.75) is 19.9 Å². The number of piperazine rings is 1. The van der Waals surface area contributed by atoms with Gasteiger partial charge < -0.3 is 4.90 Å². The number of aryl methyl sites for hydroxylation is 1. The maximum Gasteiger partial charge on any atom is 0.134 e. The summed E-state index contributed by atoms with van der Waals surface area (Å²) in [6.07, 6.45) is 0.807. The third-order valence-corrected chi connectivity index (χ3v) is 4.18. The summed E-state index contributed by atoms with van der Waals surface area (Å²) >= 11 is 6.10. The van der Waals surface area contributed by atoms with Crippen molar-refractivity contribution in [1.82, 2.24) is 14.9 Å². The first-order valence-electron chi connectivity index (χ1n) is 7.79. The van der Waals surface area contributed by atoms with Crippen LogP contribution in [0, 0.1) is 0 Å². The van der Waals surface area contributed by atoms with Gasteiger partial charge in [0.15, 0.2) is 0 Å². The first-order valence-corrected chi connectivity index (χ1v) is 8.17. The Morgan fingerprint density at radius 1 is 1.05 bits per heavy atom. The summed E-state index contributed by atoms with van der Waals surface area (Å²) in [6, 6.07) is 12.5. The Bertz CT molecular complexity index is 609. The van der Waals surface area contributed by atoms with Crippen molar-refractivity contribution in [3.05, 3.63) is 52.9 Å². The van der Waals surface area contributed by atoms with Crippen LogP contribution in [0.5, 0.6) is 0 Å². The fourth-order valence-corrected chi connectivity index (χ4v) is 2.94. The molecule has 0 unspecified atom stereocenters. The van der Waals surface area contributed by atoms with Crippen LogP contribution < -0.4 is 4.90 Å². The molecule has 2 aromatic rings. The molecule has 0 atom stereocenters. The van der Waals surface area contributed by atoms with Gasteiger partial charge in [-0.05, 0) is 5.56 Å². The number of aromatic nitrogens is 2. The molecule has 0 amide bonds. The smallest absolute Gasteiger partial charge is 0.134 e. The second-order valence-corrected chi connectivity index (χ2v) is 5.95. The minimum atomic E-state index is 0.536. The summed E-state index contributed by atoms with van der Waals surface area (Å²) < 4.78 is 0. The molecule has 1 aromatic heterocycles. The molecule has 0 aliphatic carbocycles. The Kier molecular flexibility index (Phi) is 4.90. The van der Waals surface area contributed by atoms with E-state index in [9.17, 15) is 0 Å². The lowest BCUT2D eigenvalue weighted by molar-refractivity contribution is 0.249. The molecule has 1 aliphatic rings. The Morgan fingerprint density at radius 2 is 1.77 bits per heavy atom. The first-order chi connectivity index (χ1) is 10.7. The van der Waals surface area contributed by atoms with Crippen LogP contribution in [-0.4, -0.2) is 41.0 Å². The molecule has 2 heterocycles. The van der Waals surface area contributed by atoms with Gasteiger partial charge in [0.25, 0.3) is 0 Å². The van der Waals surface area contributed by atoms with Gasteiger partial charge in [-0.3, -0.25) is 4.90 Å². The average Bonchev–Trinajstić information content (AvgIpc) is 2.56. The Morgan fingerprint density at radius 3 is 2.45 bits per heavy atom. The van der Waals surface area contributed by atoms with Crippen molar-refractivity contribution < 1.29 is 0 Å². The van der Waals surface area contributed by atoms with Gasteiger partial charge in [0.2, 0.25) is 0 Å². The van der Waals surface area contributed by atoms with Crippen molar-refractivity contribution in [1.29, 1.82) is 0 Å². The van der Waals surface area contributed by atoms with Gasteiger partial charge in [0.1, 0.15) is 16.8 Å². The average molecular weight is 317 g/mol. The monoisotopic (exact) mass is 316 g/mol. The normalized spacial score (nSPS) is 16.0. The molecule has 1 aliphatic heterocycles. The molecule has 0 spiro atoms. The zero-order valence-electron chi connectivity index (χ0n) is 12.9.